The van der Waals surface area contributed by atoms with Crippen LogP contribution in [0.5, 0.6) is 0 Å². The molecule has 0 aliphatic heterocycles. The summed E-state index contributed by atoms with van der Waals surface area (Å²) in [5.74, 6) is -1.05. The largest absolute Gasteiger partial charge is 0.479 e. The van der Waals surface area contributed by atoms with E-state index in [2.05, 4.69) is 5.32 Å². The number of aliphatic carboxylic acids is 1. The molecule has 0 aromatic rings. The molecule has 1 fully saturated rings. The summed E-state index contributed by atoms with van der Waals surface area (Å²) < 4.78 is 0. The number of carbonyl (C=O) groups is 2. The van der Waals surface area contributed by atoms with Crippen LogP contribution >= 0.6 is 0 Å². The normalized spacial score (nSPS) is 32.7. The van der Waals surface area contributed by atoms with E-state index in [1.165, 1.54) is 0 Å². The van der Waals surface area contributed by atoms with E-state index >= 15 is 0 Å². The van der Waals surface area contributed by atoms with Crippen LogP contribution in [0.15, 0.2) is 0 Å². The number of hydrogen-bond acceptors (Lipinski definition) is 2. The molecule has 4 heteroatoms. The highest BCUT2D eigenvalue weighted by molar-refractivity contribution is 5.90. The molecule has 4 nitrogen and oxygen atoms in total. The van der Waals surface area contributed by atoms with Gasteiger partial charge < -0.3 is 10.4 Å². The van der Waals surface area contributed by atoms with Gasteiger partial charge in [0.1, 0.15) is 5.54 Å². The molecule has 0 radical (unpaired) electrons. The Morgan fingerprint density at radius 3 is 2.42 bits per heavy atom. The highest BCUT2D eigenvalue weighted by Gasteiger charge is 2.58. The lowest BCUT2D eigenvalue weighted by molar-refractivity contribution is -0.143. The minimum atomic E-state index is -0.951. The lowest BCUT2D eigenvalue weighted by Gasteiger charge is -2.12. The Kier molecular flexibility index (Phi) is 2.08. The maximum atomic E-state index is 10.9. The number of nitrogens with one attached hydrogen (secondary N) is 1. The molecule has 0 spiro atoms. The SMILES string of the molecule is CCC(=O)N[C@]1(C(=O)O)CC1C. The van der Waals surface area contributed by atoms with E-state index in [4.69, 9.17) is 5.11 Å². The predicted octanol–water partition coefficient (Wildman–Crippen LogP) is 0.376. The first-order valence-corrected chi connectivity index (χ1v) is 4.07. The lowest BCUT2D eigenvalue weighted by Crippen LogP contribution is -2.44. The van der Waals surface area contributed by atoms with Crippen molar-refractivity contribution in [2.24, 2.45) is 5.92 Å². The van der Waals surface area contributed by atoms with Crippen LogP contribution in [0.3, 0.4) is 0 Å². The summed E-state index contributed by atoms with van der Waals surface area (Å²) in [5.41, 5.74) is -0.951. The number of hydrogen-bond donors (Lipinski definition) is 2. The zero-order chi connectivity index (χ0) is 9.35. The predicted molar refractivity (Wildman–Crippen MR) is 42.6 cm³/mol. The zero-order valence-corrected chi connectivity index (χ0v) is 7.26. The molecule has 12 heavy (non-hydrogen) atoms. The van der Waals surface area contributed by atoms with Crippen LogP contribution in [-0.2, 0) is 9.59 Å². The second-order valence-electron chi connectivity index (χ2n) is 3.28. The first-order chi connectivity index (χ1) is 5.53. The quantitative estimate of drug-likeness (QED) is 0.645. The van der Waals surface area contributed by atoms with E-state index in [-0.39, 0.29) is 11.8 Å². The molecule has 1 saturated carbocycles. The summed E-state index contributed by atoms with van der Waals surface area (Å²) in [6.45, 7) is 3.53. The average molecular weight is 171 g/mol. The van der Waals surface area contributed by atoms with Crippen molar-refractivity contribution >= 4 is 11.9 Å². The van der Waals surface area contributed by atoms with Crippen molar-refractivity contribution in [3.8, 4) is 0 Å². The summed E-state index contributed by atoms with van der Waals surface area (Å²) in [5, 5.41) is 11.3. The fourth-order valence-corrected chi connectivity index (χ4v) is 1.29. The fraction of sp³-hybridized carbons (Fsp3) is 0.750. The third kappa shape index (κ3) is 1.29. The molecule has 0 bridgehead atoms. The molecule has 1 rings (SSSR count). The molecule has 68 valence electrons. The van der Waals surface area contributed by atoms with Crippen molar-refractivity contribution in [3.05, 3.63) is 0 Å². The van der Waals surface area contributed by atoms with Gasteiger partial charge >= 0.3 is 5.97 Å². The summed E-state index contributed by atoms with van der Waals surface area (Å²) in [7, 11) is 0. The van der Waals surface area contributed by atoms with Gasteiger partial charge in [0.2, 0.25) is 5.91 Å². The maximum Gasteiger partial charge on any atom is 0.329 e. The lowest BCUT2D eigenvalue weighted by atomic mass is 10.2. The third-order valence-electron chi connectivity index (χ3n) is 2.37. The van der Waals surface area contributed by atoms with Crippen LogP contribution in [-0.4, -0.2) is 22.5 Å². The Morgan fingerprint density at radius 1 is 1.67 bits per heavy atom. The van der Waals surface area contributed by atoms with E-state index in [0.717, 1.165) is 0 Å². The second kappa shape index (κ2) is 2.77. The minimum Gasteiger partial charge on any atom is -0.479 e. The Labute approximate surface area is 71.0 Å². The van der Waals surface area contributed by atoms with Crippen LogP contribution in [0, 0.1) is 5.92 Å². The van der Waals surface area contributed by atoms with Crippen LogP contribution in [0.25, 0.3) is 0 Å². The van der Waals surface area contributed by atoms with Gasteiger partial charge in [-0.2, -0.15) is 0 Å². The monoisotopic (exact) mass is 171 g/mol. The second-order valence-corrected chi connectivity index (χ2v) is 3.28. The fourth-order valence-electron chi connectivity index (χ4n) is 1.29. The van der Waals surface area contributed by atoms with Gasteiger partial charge in [-0.15, -0.1) is 0 Å². The molecule has 1 unspecified atom stereocenters. The zero-order valence-electron chi connectivity index (χ0n) is 7.26. The molecule has 2 atom stereocenters. The van der Waals surface area contributed by atoms with Crippen molar-refractivity contribution < 1.29 is 14.7 Å². The molecule has 0 saturated heterocycles. The van der Waals surface area contributed by atoms with Crippen LogP contribution in [0.4, 0.5) is 0 Å². The molecule has 2 N–H and O–H groups in total. The summed E-state index contributed by atoms with van der Waals surface area (Å²) >= 11 is 0. The van der Waals surface area contributed by atoms with Crippen molar-refractivity contribution in [1.29, 1.82) is 0 Å². The first-order valence-electron chi connectivity index (χ1n) is 4.07. The van der Waals surface area contributed by atoms with E-state index in [0.29, 0.717) is 12.8 Å². The minimum absolute atomic E-state index is 0.0606. The van der Waals surface area contributed by atoms with Gasteiger partial charge in [0.05, 0.1) is 0 Å². The van der Waals surface area contributed by atoms with Crippen LogP contribution in [0.1, 0.15) is 26.7 Å². The Balaban J connectivity index is 2.60. The van der Waals surface area contributed by atoms with Crippen LogP contribution in [0.2, 0.25) is 0 Å². The average Bonchev–Trinajstić information content (AvgIpc) is 2.63. The van der Waals surface area contributed by atoms with E-state index < -0.39 is 11.5 Å². The van der Waals surface area contributed by atoms with E-state index in [9.17, 15) is 9.59 Å². The highest BCUT2D eigenvalue weighted by atomic mass is 16.4. The van der Waals surface area contributed by atoms with Crippen LogP contribution < -0.4 is 5.32 Å². The highest BCUT2D eigenvalue weighted by Crippen LogP contribution is 2.43. The van der Waals surface area contributed by atoms with Crippen molar-refractivity contribution in [2.75, 3.05) is 0 Å². The van der Waals surface area contributed by atoms with Gasteiger partial charge in [-0.25, -0.2) is 4.79 Å². The molecule has 1 aliphatic rings. The van der Waals surface area contributed by atoms with Crippen molar-refractivity contribution in [3.63, 3.8) is 0 Å². The number of amides is 1. The van der Waals surface area contributed by atoms with Gasteiger partial charge in [0, 0.05) is 6.42 Å². The van der Waals surface area contributed by atoms with Gasteiger partial charge in [0.25, 0.3) is 0 Å². The maximum absolute atomic E-state index is 10.9. The summed E-state index contributed by atoms with van der Waals surface area (Å²) in [6, 6.07) is 0. The van der Waals surface area contributed by atoms with Crippen molar-refractivity contribution in [2.45, 2.75) is 32.2 Å². The van der Waals surface area contributed by atoms with Gasteiger partial charge in [-0.1, -0.05) is 13.8 Å². The van der Waals surface area contributed by atoms with E-state index in [1.807, 2.05) is 6.92 Å². The van der Waals surface area contributed by atoms with Crippen molar-refractivity contribution in [1.82, 2.24) is 5.32 Å². The molecule has 1 amide bonds. The smallest absolute Gasteiger partial charge is 0.329 e. The van der Waals surface area contributed by atoms with Gasteiger partial charge in [-0.3, -0.25) is 4.79 Å². The number of carboxylic acid groups (broad SMARTS) is 1. The summed E-state index contributed by atoms with van der Waals surface area (Å²) in [6.07, 6.45) is 0.885. The summed E-state index contributed by atoms with van der Waals surface area (Å²) in [4.78, 5) is 21.7. The molecule has 0 aromatic heterocycles. The Bertz CT molecular complexity index is 226. The number of carboxylic acids is 1. The Morgan fingerprint density at radius 2 is 2.17 bits per heavy atom. The molecule has 1 aliphatic carbocycles. The molecular weight excluding hydrogens is 158 g/mol. The Hall–Kier alpha value is -1.06. The topological polar surface area (TPSA) is 66.4 Å². The number of carbonyl (C=O) groups excluding carboxylic acids is 1. The van der Waals surface area contributed by atoms with Gasteiger partial charge in [-0.05, 0) is 12.3 Å². The molecule has 0 aromatic carbocycles. The first kappa shape index (κ1) is 9.03. The molecular formula is C8H13NO3. The standard InChI is InChI=1S/C8H13NO3/c1-3-6(10)9-8(7(11)12)4-5(8)2/h5H,3-4H2,1-2H3,(H,9,10)(H,11,12)/t5?,8-/m1/s1. The third-order valence-corrected chi connectivity index (χ3v) is 2.37. The molecule has 0 heterocycles. The van der Waals surface area contributed by atoms with Gasteiger partial charge in [0.15, 0.2) is 0 Å². The van der Waals surface area contributed by atoms with E-state index in [1.54, 1.807) is 6.92 Å². The number of rotatable bonds is 3.